The predicted molar refractivity (Wildman–Crippen MR) is 88.0 cm³/mol. The molecule has 1 amide bonds. The van der Waals surface area contributed by atoms with Crippen LogP contribution in [0, 0.1) is 18.7 Å². The zero-order chi connectivity index (χ0) is 14.8. The van der Waals surface area contributed by atoms with E-state index in [4.69, 9.17) is 0 Å². The number of nitrogens with one attached hydrogen (secondary N) is 2. The molecule has 0 bridgehead atoms. The first kappa shape index (κ1) is 17.2. The van der Waals surface area contributed by atoms with E-state index in [0.717, 1.165) is 26.1 Å². The third-order valence-electron chi connectivity index (χ3n) is 4.56. The average Bonchev–Trinajstić information content (AvgIpc) is 2.90. The fourth-order valence-electron chi connectivity index (χ4n) is 3.34. The van der Waals surface area contributed by atoms with E-state index in [9.17, 15) is 9.18 Å². The van der Waals surface area contributed by atoms with Gasteiger partial charge in [-0.05, 0) is 49.9 Å². The Kier molecular flexibility index (Phi) is 5.78. The highest BCUT2D eigenvalue weighted by atomic mass is 35.5. The maximum Gasteiger partial charge on any atom is 0.238 e. The molecular formula is C16H23ClFN3O. The second-order valence-corrected chi connectivity index (χ2v) is 6.15. The standard InChI is InChI=1S/C16H22FN3O.ClH/c1-11-2-3-13(8-14(11)17)19-16(21)10-20-7-5-15-12(9-20)4-6-18-15;/h2-3,8,12,15,18H,4-7,9-10H2,1H3,(H,19,21);1H. The molecule has 2 aliphatic heterocycles. The van der Waals surface area contributed by atoms with Crippen molar-refractivity contribution in [3.63, 3.8) is 0 Å². The van der Waals surface area contributed by atoms with Crippen molar-refractivity contribution in [1.82, 2.24) is 10.2 Å². The molecule has 2 atom stereocenters. The van der Waals surface area contributed by atoms with Gasteiger partial charge in [-0.25, -0.2) is 4.39 Å². The minimum Gasteiger partial charge on any atom is -0.325 e. The van der Waals surface area contributed by atoms with Crippen LogP contribution in [-0.4, -0.2) is 43.0 Å². The SMILES string of the molecule is Cc1ccc(NC(=O)CN2CCC3NCCC3C2)cc1F.Cl. The van der Waals surface area contributed by atoms with Crippen molar-refractivity contribution in [2.75, 3.05) is 31.5 Å². The topological polar surface area (TPSA) is 44.4 Å². The lowest BCUT2D eigenvalue weighted by molar-refractivity contribution is -0.117. The van der Waals surface area contributed by atoms with Crippen molar-refractivity contribution in [3.05, 3.63) is 29.6 Å². The molecule has 22 heavy (non-hydrogen) atoms. The molecule has 2 aliphatic rings. The number of benzene rings is 1. The molecule has 1 aromatic rings. The number of carbonyl (C=O) groups is 1. The molecule has 2 unspecified atom stereocenters. The number of anilines is 1. The molecule has 0 spiro atoms. The molecule has 1 aromatic carbocycles. The van der Waals surface area contributed by atoms with E-state index in [0.29, 0.717) is 29.8 Å². The first-order chi connectivity index (χ1) is 10.1. The Morgan fingerprint density at radius 1 is 1.45 bits per heavy atom. The number of halogens is 2. The van der Waals surface area contributed by atoms with E-state index in [1.54, 1.807) is 19.1 Å². The van der Waals surface area contributed by atoms with Crippen LogP contribution in [0.1, 0.15) is 18.4 Å². The summed E-state index contributed by atoms with van der Waals surface area (Å²) in [5, 5.41) is 6.30. The maximum absolute atomic E-state index is 13.5. The zero-order valence-corrected chi connectivity index (χ0v) is 13.6. The average molecular weight is 328 g/mol. The lowest BCUT2D eigenvalue weighted by Crippen LogP contribution is -2.46. The van der Waals surface area contributed by atoms with Gasteiger partial charge in [0.25, 0.3) is 0 Å². The number of carbonyl (C=O) groups excluding carboxylic acids is 1. The summed E-state index contributed by atoms with van der Waals surface area (Å²) < 4.78 is 13.5. The highest BCUT2D eigenvalue weighted by molar-refractivity contribution is 5.92. The number of amides is 1. The molecule has 4 nitrogen and oxygen atoms in total. The van der Waals surface area contributed by atoms with Gasteiger partial charge >= 0.3 is 0 Å². The van der Waals surface area contributed by atoms with Gasteiger partial charge < -0.3 is 10.6 Å². The normalized spacial score (nSPS) is 24.5. The highest BCUT2D eigenvalue weighted by Gasteiger charge is 2.32. The van der Waals surface area contributed by atoms with Crippen LogP contribution < -0.4 is 10.6 Å². The van der Waals surface area contributed by atoms with Gasteiger partial charge in [-0.15, -0.1) is 12.4 Å². The molecule has 6 heteroatoms. The summed E-state index contributed by atoms with van der Waals surface area (Å²) in [6.45, 7) is 5.12. The van der Waals surface area contributed by atoms with Crippen molar-refractivity contribution >= 4 is 24.0 Å². The quantitative estimate of drug-likeness (QED) is 0.894. The summed E-state index contributed by atoms with van der Waals surface area (Å²) in [4.78, 5) is 14.3. The molecule has 0 saturated carbocycles. The summed E-state index contributed by atoms with van der Waals surface area (Å²) in [7, 11) is 0. The van der Waals surface area contributed by atoms with Crippen molar-refractivity contribution in [2.24, 2.45) is 5.92 Å². The Balaban J connectivity index is 0.00000176. The highest BCUT2D eigenvalue weighted by Crippen LogP contribution is 2.24. The lowest BCUT2D eigenvalue weighted by Gasteiger charge is -2.34. The minimum absolute atomic E-state index is 0. The molecule has 0 radical (unpaired) electrons. The largest absolute Gasteiger partial charge is 0.325 e. The number of hydrogen-bond donors (Lipinski definition) is 2. The molecular weight excluding hydrogens is 305 g/mol. The van der Waals surface area contributed by atoms with Crippen molar-refractivity contribution in [1.29, 1.82) is 0 Å². The predicted octanol–water partition coefficient (Wildman–Crippen LogP) is 2.18. The third-order valence-corrected chi connectivity index (χ3v) is 4.56. The minimum atomic E-state index is -0.286. The Bertz CT molecular complexity index is 540. The monoisotopic (exact) mass is 327 g/mol. The first-order valence-corrected chi connectivity index (χ1v) is 7.63. The number of piperidine rings is 1. The summed E-state index contributed by atoms with van der Waals surface area (Å²) >= 11 is 0. The Labute approximate surface area is 136 Å². The van der Waals surface area contributed by atoms with Crippen molar-refractivity contribution < 1.29 is 9.18 Å². The van der Waals surface area contributed by atoms with Crippen LogP contribution >= 0.6 is 12.4 Å². The van der Waals surface area contributed by atoms with Crippen LogP contribution in [0.15, 0.2) is 18.2 Å². The van der Waals surface area contributed by atoms with Gasteiger partial charge in [-0.3, -0.25) is 9.69 Å². The van der Waals surface area contributed by atoms with Gasteiger partial charge in [0.15, 0.2) is 0 Å². The molecule has 2 fully saturated rings. The molecule has 2 saturated heterocycles. The fourth-order valence-corrected chi connectivity index (χ4v) is 3.34. The van der Waals surface area contributed by atoms with E-state index >= 15 is 0 Å². The molecule has 122 valence electrons. The molecule has 0 aromatic heterocycles. The van der Waals surface area contributed by atoms with E-state index in [1.165, 1.54) is 12.5 Å². The van der Waals surface area contributed by atoms with Crippen LogP contribution in [0.3, 0.4) is 0 Å². The lowest BCUT2D eigenvalue weighted by atomic mass is 9.93. The molecule has 2 heterocycles. The molecule has 2 N–H and O–H groups in total. The van der Waals surface area contributed by atoms with Gasteiger partial charge in [0.1, 0.15) is 5.82 Å². The number of nitrogens with zero attached hydrogens (tertiary/aromatic N) is 1. The number of fused-ring (bicyclic) bond motifs is 1. The van der Waals surface area contributed by atoms with Gasteiger partial charge in [-0.2, -0.15) is 0 Å². The summed E-state index contributed by atoms with van der Waals surface area (Å²) in [5.41, 5.74) is 1.12. The number of hydrogen-bond acceptors (Lipinski definition) is 3. The Morgan fingerprint density at radius 3 is 3.05 bits per heavy atom. The number of likely N-dealkylation sites (tertiary alicyclic amines) is 1. The second kappa shape index (κ2) is 7.40. The molecule has 3 rings (SSSR count). The summed E-state index contributed by atoms with van der Waals surface area (Å²) in [6, 6.07) is 5.43. The first-order valence-electron chi connectivity index (χ1n) is 7.63. The van der Waals surface area contributed by atoms with E-state index in [1.807, 2.05) is 0 Å². The van der Waals surface area contributed by atoms with Gasteiger partial charge in [0, 0.05) is 24.8 Å². The Morgan fingerprint density at radius 2 is 2.27 bits per heavy atom. The van der Waals surface area contributed by atoms with E-state index < -0.39 is 0 Å². The number of aryl methyl sites for hydroxylation is 1. The van der Waals surface area contributed by atoms with Crippen LogP contribution in [0.5, 0.6) is 0 Å². The van der Waals surface area contributed by atoms with E-state index in [2.05, 4.69) is 15.5 Å². The van der Waals surface area contributed by atoms with Crippen molar-refractivity contribution in [2.45, 2.75) is 25.8 Å². The van der Waals surface area contributed by atoms with E-state index in [-0.39, 0.29) is 24.1 Å². The van der Waals surface area contributed by atoms with Crippen LogP contribution in [0.2, 0.25) is 0 Å². The van der Waals surface area contributed by atoms with Crippen LogP contribution in [-0.2, 0) is 4.79 Å². The van der Waals surface area contributed by atoms with Gasteiger partial charge in [0.05, 0.1) is 6.54 Å². The Hall–Kier alpha value is -1.17. The summed E-state index contributed by atoms with van der Waals surface area (Å²) in [6.07, 6.45) is 2.31. The van der Waals surface area contributed by atoms with Crippen molar-refractivity contribution in [3.8, 4) is 0 Å². The third kappa shape index (κ3) is 3.97. The maximum atomic E-state index is 13.5. The zero-order valence-electron chi connectivity index (χ0n) is 12.8. The second-order valence-electron chi connectivity index (χ2n) is 6.15. The van der Waals surface area contributed by atoms with Crippen LogP contribution in [0.4, 0.5) is 10.1 Å². The van der Waals surface area contributed by atoms with Gasteiger partial charge in [0.2, 0.25) is 5.91 Å². The number of rotatable bonds is 3. The summed E-state index contributed by atoms with van der Waals surface area (Å²) in [5.74, 6) is 0.316. The fraction of sp³-hybridized carbons (Fsp3) is 0.562. The van der Waals surface area contributed by atoms with Gasteiger partial charge in [-0.1, -0.05) is 6.07 Å². The van der Waals surface area contributed by atoms with Crippen LogP contribution in [0.25, 0.3) is 0 Å². The smallest absolute Gasteiger partial charge is 0.238 e. The molecule has 0 aliphatic carbocycles.